The first-order chi connectivity index (χ1) is 7.70. The van der Waals surface area contributed by atoms with E-state index in [0.29, 0.717) is 11.8 Å². The highest BCUT2D eigenvalue weighted by Crippen LogP contribution is 2.24. The lowest BCUT2D eigenvalue weighted by molar-refractivity contribution is 0.439. The third kappa shape index (κ3) is 1.95. The predicted octanol–water partition coefficient (Wildman–Crippen LogP) is 1.65. The highest BCUT2D eigenvalue weighted by molar-refractivity contribution is 5.47. The van der Waals surface area contributed by atoms with E-state index in [1.54, 1.807) is 13.1 Å². The second-order valence-electron chi connectivity index (χ2n) is 3.39. The molecule has 2 rings (SSSR count). The number of nitrogens with one attached hydrogen (secondary N) is 2. The third-order valence-electron chi connectivity index (χ3n) is 2.16. The van der Waals surface area contributed by atoms with Crippen molar-refractivity contribution in [3.63, 3.8) is 0 Å². The minimum Gasteiger partial charge on any atom is -0.419 e. The summed E-state index contributed by atoms with van der Waals surface area (Å²) < 4.78 is 5.54. The topological polar surface area (TPSA) is 75.7 Å². The van der Waals surface area contributed by atoms with Gasteiger partial charge >= 0.3 is 0 Å². The zero-order chi connectivity index (χ0) is 11.5. The monoisotopic (exact) mass is 219 g/mol. The number of aryl methyl sites for hydroxylation is 1. The molecule has 0 aliphatic rings. The maximum atomic E-state index is 5.54. The van der Waals surface area contributed by atoms with E-state index in [-0.39, 0.29) is 0 Å². The lowest BCUT2D eigenvalue weighted by atomic mass is 10.3. The molecule has 2 heterocycles. The Morgan fingerprint density at radius 3 is 2.75 bits per heavy atom. The van der Waals surface area contributed by atoms with Crippen LogP contribution in [0.25, 0.3) is 0 Å². The summed E-state index contributed by atoms with van der Waals surface area (Å²) in [7, 11) is 1.80. The average Bonchev–Trinajstić information content (AvgIpc) is 2.67. The molecule has 0 saturated carbocycles. The Morgan fingerprint density at radius 2 is 2.12 bits per heavy atom. The van der Waals surface area contributed by atoms with Gasteiger partial charge in [0, 0.05) is 18.8 Å². The van der Waals surface area contributed by atoms with Gasteiger partial charge in [0.2, 0.25) is 11.8 Å². The van der Waals surface area contributed by atoms with Gasteiger partial charge in [-0.3, -0.25) is 5.10 Å². The first-order valence-corrected chi connectivity index (χ1v) is 4.90. The summed E-state index contributed by atoms with van der Waals surface area (Å²) in [5, 5.41) is 9.75. The molecule has 2 aromatic rings. The summed E-state index contributed by atoms with van der Waals surface area (Å²) in [6.07, 6.45) is 1.45. The normalized spacial score (nSPS) is 10.2. The fourth-order valence-corrected chi connectivity index (χ4v) is 1.33. The molecule has 16 heavy (non-hydrogen) atoms. The van der Waals surface area contributed by atoms with Gasteiger partial charge in [-0.15, -0.1) is 5.10 Å². The molecule has 84 valence electrons. The molecule has 0 bridgehead atoms. The minimum atomic E-state index is 0.501. The summed E-state index contributed by atoms with van der Waals surface area (Å²) in [6.45, 7) is 3.80. The number of anilines is 1. The van der Waals surface area contributed by atoms with Crippen LogP contribution in [0, 0.1) is 13.8 Å². The van der Waals surface area contributed by atoms with E-state index in [9.17, 15) is 0 Å². The van der Waals surface area contributed by atoms with E-state index < -0.39 is 0 Å². The van der Waals surface area contributed by atoms with Crippen molar-refractivity contribution in [3.8, 4) is 11.8 Å². The number of hydrogen-bond acceptors (Lipinski definition) is 5. The van der Waals surface area contributed by atoms with Crippen molar-refractivity contribution in [1.82, 2.24) is 20.2 Å². The molecule has 2 N–H and O–H groups in total. The molecule has 6 heteroatoms. The Bertz CT molecular complexity index is 494. The zero-order valence-corrected chi connectivity index (χ0v) is 9.40. The summed E-state index contributed by atoms with van der Waals surface area (Å²) >= 11 is 0. The van der Waals surface area contributed by atoms with Crippen molar-refractivity contribution < 1.29 is 4.74 Å². The lowest BCUT2D eigenvalue weighted by Gasteiger charge is -2.07. The summed E-state index contributed by atoms with van der Waals surface area (Å²) in [4.78, 5) is 8.14. The Kier molecular flexibility index (Phi) is 2.72. The maximum Gasteiger partial charge on any atom is 0.240 e. The van der Waals surface area contributed by atoms with Gasteiger partial charge in [-0.25, -0.2) is 9.97 Å². The molecule has 0 radical (unpaired) electrons. The Morgan fingerprint density at radius 1 is 1.31 bits per heavy atom. The number of H-pyrrole nitrogens is 1. The SMILES string of the molecule is CNc1ncnc(Oc2cc(C)[nH]n2)c1C. The second-order valence-corrected chi connectivity index (χ2v) is 3.39. The van der Waals surface area contributed by atoms with Gasteiger partial charge in [0.25, 0.3) is 0 Å². The molecule has 2 aromatic heterocycles. The average molecular weight is 219 g/mol. The molecular formula is C10H13N5O. The van der Waals surface area contributed by atoms with Crippen LogP contribution in [-0.4, -0.2) is 27.2 Å². The first-order valence-electron chi connectivity index (χ1n) is 4.90. The standard InChI is InChI=1S/C10H13N5O/c1-6-4-8(15-14-6)16-10-7(2)9(11-3)12-5-13-10/h4-5H,1-3H3,(H,14,15)(H,11,12,13). The molecule has 0 fully saturated rings. The number of ether oxygens (including phenoxy) is 1. The fourth-order valence-electron chi connectivity index (χ4n) is 1.33. The van der Waals surface area contributed by atoms with Crippen molar-refractivity contribution in [3.05, 3.63) is 23.7 Å². The number of rotatable bonds is 3. The molecule has 0 aliphatic carbocycles. The molecule has 0 spiro atoms. The molecule has 0 amide bonds. The van der Waals surface area contributed by atoms with Crippen LogP contribution in [0.4, 0.5) is 5.82 Å². The highest BCUT2D eigenvalue weighted by atomic mass is 16.5. The van der Waals surface area contributed by atoms with Gasteiger partial charge in [-0.2, -0.15) is 0 Å². The largest absolute Gasteiger partial charge is 0.419 e. The van der Waals surface area contributed by atoms with Crippen LogP contribution in [-0.2, 0) is 0 Å². The Hall–Kier alpha value is -2.11. The molecule has 0 unspecified atom stereocenters. The van der Waals surface area contributed by atoms with Crippen LogP contribution in [0.2, 0.25) is 0 Å². The number of aromatic amines is 1. The highest BCUT2D eigenvalue weighted by Gasteiger charge is 2.09. The quantitative estimate of drug-likeness (QED) is 0.820. The third-order valence-corrected chi connectivity index (χ3v) is 2.16. The van der Waals surface area contributed by atoms with Gasteiger partial charge in [0.05, 0.1) is 5.56 Å². The first kappa shape index (κ1) is 10.4. The van der Waals surface area contributed by atoms with E-state index in [0.717, 1.165) is 17.1 Å². The summed E-state index contributed by atoms with van der Waals surface area (Å²) in [5.41, 5.74) is 1.79. The van der Waals surface area contributed by atoms with E-state index in [1.165, 1.54) is 6.33 Å². The van der Waals surface area contributed by atoms with Gasteiger partial charge in [-0.05, 0) is 13.8 Å². The van der Waals surface area contributed by atoms with Crippen LogP contribution in [0.3, 0.4) is 0 Å². The summed E-state index contributed by atoms with van der Waals surface area (Å²) in [5.74, 6) is 1.75. The van der Waals surface area contributed by atoms with Crippen LogP contribution in [0.1, 0.15) is 11.3 Å². The summed E-state index contributed by atoms with van der Waals surface area (Å²) in [6, 6.07) is 1.81. The minimum absolute atomic E-state index is 0.501. The van der Waals surface area contributed by atoms with Gasteiger partial charge < -0.3 is 10.1 Å². The number of aromatic nitrogens is 4. The van der Waals surface area contributed by atoms with Crippen LogP contribution in [0.5, 0.6) is 11.8 Å². The Balaban J connectivity index is 2.28. The van der Waals surface area contributed by atoms with Crippen molar-refractivity contribution in [1.29, 1.82) is 0 Å². The number of hydrogen-bond donors (Lipinski definition) is 2. The van der Waals surface area contributed by atoms with Crippen molar-refractivity contribution in [2.45, 2.75) is 13.8 Å². The number of nitrogens with zero attached hydrogens (tertiary/aromatic N) is 3. The van der Waals surface area contributed by atoms with Gasteiger partial charge in [0.15, 0.2) is 0 Å². The van der Waals surface area contributed by atoms with Gasteiger partial charge in [0.1, 0.15) is 12.1 Å². The van der Waals surface area contributed by atoms with Crippen molar-refractivity contribution in [2.75, 3.05) is 12.4 Å². The molecule has 0 atom stereocenters. The molecular weight excluding hydrogens is 206 g/mol. The van der Waals surface area contributed by atoms with Crippen molar-refractivity contribution in [2.24, 2.45) is 0 Å². The van der Waals surface area contributed by atoms with Crippen LogP contribution in [0.15, 0.2) is 12.4 Å². The van der Waals surface area contributed by atoms with Crippen LogP contribution >= 0.6 is 0 Å². The van der Waals surface area contributed by atoms with Crippen molar-refractivity contribution >= 4 is 5.82 Å². The van der Waals surface area contributed by atoms with E-state index in [1.807, 2.05) is 13.8 Å². The van der Waals surface area contributed by atoms with Crippen LogP contribution < -0.4 is 10.1 Å². The van der Waals surface area contributed by atoms with E-state index in [4.69, 9.17) is 4.74 Å². The molecule has 6 nitrogen and oxygen atoms in total. The van der Waals surface area contributed by atoms with E-state index >= 15 is 0 Å². The lowest BCUT2D eigenvalue weighted by Crippen LogP contribution is -1.99. The predicted molar refractivity (Wildman–Crippen MR) is 59.7 cm³/mol. The van der Waals surface area contributed by atoms with Gasteiger partial charge in [-0.1, -0.05) is 0 Å². The molecule has 0 aromatic carbocycles. The zero-order valence-electron chi connectivity index (χ0n) is 9.40. The maximum absolute atomic E-state index is 5.54. The second kappa shape index (κ2) is 4.18. The fraction of sp³-hybridized carbons (Fsp3) is 0.300. The molecule has 0 aliphatic heterocycles. The molecule has 0 saturated heterocycles. The van der Waals surface area contributed by atoms with E-state index in [2.05, 4.69) is 25.5 Å². The smallest absolute Gasteiger partial charge is 0.240 e. The Labute approximate surface area is 93.1 Å².